The molecule has 0 bridgehead atoms. The topological polar surface area (TPSA) is 39.7 Å². The van der Waals surface area contributed by atoms with Crippen molar-refractivity contribution < 1.29 is 4.79 Å². The Hall–Kier alpha value is -1.76. The number of aromatic nitrogens is 1. The van der Waals surface area contributed by atoms with Gasteiger partial charge in [0.25, 0.3) is 0 Å². The van der Waals surface area contributed by atoms with Crippen molar-refractivity contribution in [2.45, 2.75) is 38.3 Å². The Labute approximate surface area is 171 Å². The largest absolute Gasteiger partial charge is 0.339 e. The average Bonchev–Trinajstić information content (AvgIpc) is 3.21. The second kappa shape index (κ2) is 7.93. The number of benzene rings is 1. The Balaban J connectivity index is 1.16. The van der Waals surface area contributed by atoms with Crippen molar-refractivity contribution in [1.82, 2.24) is 19.7 Å². The van der Waals surface area contributed by atoms with Gasteiger partial charge in [0, 0.05) is 62.5 Å². The molecule has 3 aliphatic rings. The lowest BCUT2D eigenvalue weighted by atomic mass is 9.91. The van der Waals surface area contributed by atoms with Gasteiger partial charge in [0.05, 0.1) is 6.54 Å². The van der Waals surface area contributed by atoms with Gasteiger partial charge in [-0.3, -0.25) is 14.6 Å². The van der Waals surface area contributed by atoms with Crippen LogP contribution in [0.5, 0.6) is 0 Å². The van der Waals surface area contributed by atoms with Gasteiger partial charge in [0.1, 0.15) is 5.01 Å². The number of fused-ring (bicyclic) bond motifs is 1. The molecule has 0 spiro atoms. The van der Waals surface area contributed by atoms with Crippen molar-refractivity contribution >= 4 is 17.2 Å². The molecule has 148 valence electrons. The van der Waals surface area contributed by atoms with Crippen molar-refractivity contribution in [2.75, 3.05) is 39.3 Å². The van der Waals surface area contributed by atoms with Gasteiger partial charge in [-0.1, -0.05) is 18.6 Å². The van der Waals surface area contributed by atoms with Gasteiger partial charge in [-0.2, -0.15) is 0 Å². The van der Waals surface area contributed by atoms with Crippen LogP contribution in [0.15, 0.2) is 29.8 Å². The smallest absolute Gasteiger partial charge is 0.236 e. The first-order valence-corrected chi connectivity index (χ1v) is 11.4. The number of piperazine rings is 1. The highest BCUT2D eigenvalue weighted by Gasteiger charge is 2.30. The minimum Gasteiger partial charge on any atom is -0.339 e. The maximum atomic E-state index is 12.8. The third-order valence-electron chi connectivity index (χ3n) is 6.59. The standard InChI is InChI=1S/C22H28N4OS/c27-21(26-11-9-25(10-12-26)20-2-1-3-20)16-24-8-6-17-14-18(4-5-19(17)15-24)22-23-7-13-28-22/h4-5,7,13-14,20H,1-3,6,8-12,15-16H2. The summed E-state index contributed by atoms with van der Waals surface area (Å²) in [4.78, 5) is 24.2. The van der Waals surface area contributed by atoms with Crippen LogP contribution >= 0.6 is 11.3 Å². The number of thiazole rings is 1. The first-order valence-electron chi connectivity index (χ1n) is 10.5. The van der Waals surface area contributed by atoms with Crippen molar-refractivity contribution in [1.29, 1.82) is 0 Å². The van der Waals surface area contributed by atoms with Crippen LogP contribution in [-0.4, -0.2) is 70.9 Å². The maximum Gasteiger partial charge on any atom is 0.236 e. The summed E-state index contributed by atoms with van der Waals surface area (Å²) in [6.45, 7) is 6.30. The first kappa shape index (κ1) is 18.3. The molecule has 1 saturated heterocycles. The fourth-order valence-electron chi connectivity index (χ4n) is 4.63. The molecule has 1 saturated carbocycles. The van der Waals surface area contributed by atoms with E-state index in [0.29, 0.717) is 12.5 Å². The Kier molecular flexibility index (Phi) is 5.18. The van der Waals surface area contributed by atoms with Gasteiger partial charge >= 0.3 is 0 Å². The summed E-state index contributed by atoms with van der Waals surface area (Å²) in [5.74, 6) is 0.302. The molecule has 0 atom stereocenters. The van der Waals surface area contributed by atoms with Gasteiger partial charge in [0.2, 0.25) is 5.91 Å². The number of carbonyl (C=O) groups is 1. The number of carbonyl (C=O) groups excluding carboxylic acids is 1. The molecule has 1 aromatic carbocycles. The highest BCUT2D eigenvalue weighted by Crippen LogP contribution is 2.28. The fraction of sp³-hybridized carbons (Fsp3) is 0.545. The van der Waals surface area contributed by atoms with E-state index in [2.05, 4.69) is 37.9 Å². The number of hydrogen-bond donors (Lipinski definition) is 0. The Bertz CT molecular complexity index is 825. The van der Waals surface area contributed by atoms with E-state index in [1.807, 2.05) is 11.6 Å². The van der Waals surface area contributed by atoms with E-state index < -0.39 is 0 Å². The third kappa shape index (κ3) is 3.73. The highest BCUT2D eigenvalue weighted by atomic mass is 32.1. The summed E-state index contributed by atoms with van der Waals surface area (Å²) in [6.07, 6.45) is 6.96. The number of rotatable bonds is 4. The van der Waals surface area contributed by atoms with Gasteiger partial charge in [-0.15, -0.1) is 11.3 Å². The third-order valence-corrected chi connectivity index (χ3v) is 7.42. The number of nitrogens with zero attached hydrogens (tertiary/aromatic N) is 4. The van der Waals surface area contributed by atoms with Crippen LogP contribution in [0.3, 0.4) is 0 Å². The van der Waals surface area contributed by atoms with Crippen molar-refractivity contribution in [3.8, 4) is 10.6 Å². The highest BCUT2D eigenvalue weighted by molar-refractivity contribution is 7.13. The van der Waals surface area contributed by atoms with Gasteiger partial charge in [-0.05, 0) is 36.5 Å². The van der Waals surface area contributed by atoms with Crippen LogP contribution in [0.2, 0.25) is 0 Å². The summed E-state index contributed by atoms with van der Waals surface area (Å²) in [6, 6.07) is 7.47. The zero-order chi connectivity index (χ0) is 18.9. The Morgan fingerprint density at radius 1 is 1.11 bits per heavy atom. The number of hydrogen-bond acceptors (Lipinski definition) is 5. The molecule has 5 nitrogen and oxygen atoms in total. The van der Waals surface area contributed by atoms with E-state index >= 15 is 0 Å². The van der Waals surface area contributed by atoms with Crippen LogP contribution < -0.4 is 0 Å². The molecule has 2 aliphatic heterocycles. The van der Waals surface area contributed by atoms with Crippen molar-refractivity contribution in [3.05, 3.63) is 40.9 Å². The molecule has 3 heterocycles. The normalized spacial score (nSPS) is 21.4. The molecule has 2 fully saturated rings. The number of amides is 1. The van der Waals surface area contributed by atoms with Crippen LogP contribution in [0.25, 0.3) is 10.6 Å². The summed E-state index contributed by atoms with van der Waals surface area (Å²) >= 11 is 1.68. The second-order valence-corrected chi connectivity index (χ2v) is 9.18. The molecular formula is C22H28N4OS. The molecule has 1 aromatic heterocycles. The van der Waals surface area contributed by atoms with Crippen LogP contribution in [0.4, 0.5) is 0 Å². The summed E-state index contributed by atoms with van der Waals surface area (Å²) < 4.78 is 0. The fourth-order valence-corrected chi connectivity index (χ4v) is 5.26. The van der Waals surface area contributed by atoms with E-state index in [-0.39, 0.29) is 0 Å². The Morgan fingerprint density at radius 2 is 1.96 bits per heavy atom. The summed E-state index contributed by atoms with van der Waals surface area (Å²) in [7, 11) is 0. The second-order valence-electron chi connectivity index (χ2n) is 8.28. The summed E-state index contributed by atoms with van der Waals surface area (Å²) in [5.41, 5.74) is 3.97. The van der Waals surface area contributed by atoms with Gasteiger partial charge in [0.15, 0.2) is 0 Å². The van der Waals surface area contributed by atoms with Crippen LogP contribution in [0, 0.1) is 0 Å². The lowest BCUT2D eigenvalue weighted by Gasteiger charge is -2.43. The molecule has 5 rings (SSSR count). The van der Waals surface area contributed by atoms with E-state index in [4.69, 9.17) is 0 Å². The molecule has 6 heteroatoms. The molecule has 0 radical (unpaired) electrons. The van der Waals surface area contributed by atoms with Crippen molar-refractivity contribution in [3.63, 3.8) is 0 Å². The SMILES string of the molecule is O=C(CN1CCc2cc(-c3nccs3)ccc2C1)N1CCN(C2CCC2)CC1. The predicted molar refractivity (Wildman–Crippen MR) is 112 cm³/mol. The molecule has 1 amide bonds. The van der Waals surface area contributed by atoms with Gasteiger partial charge in [-0.25, -0.2) is 4.98 Å². The van der Waals surface area contributed by atoms with E-state index in [1.54, 1.807) is 11.3 Å². The van der Waals surface area contributed by atoms with E-state index in [1.165, 1.54) is 36.0 Å². The molecule has 28 heavy (non-hydrogen) atoms. The zero-order valence-electron chi connectivity index (χ0n) is 16.3. The van der Waals surface area contributed by atoms with Crippen LogP contribution in [-0.2, 0) is 17.8 Å². The van der Waals surface area contributed by atoms with Crippen LogP contribution in [0.1, 0.15) is 30.4 Å². The minimum atomic E-state index is 0.302. The van der Waals surface area contributed by atoms with E-state index in [9.17, 15) is 4.79 Å². The molecule has 1 aliphatic carbocycles. The van der Waals surface area contributed by atoms with E-state index in [0.717, 1.165) is 56.7 Å². The average molecular weight is 397 g/mol. The van der Waals surface area contributed by atoms with Gasteiger partial charge < -0.3 is 4.90 Å². The molecular weight excluding hydrogens is 368 g/mol. The zero-order valence-corrected chi connectivity index (χ0v) is 17.2. The monoisotopic (exact) mass is 396 g/mol. The minimum absolute atomic E-state index is 0.302. The Morgan fingerprint density at radius 3 is 2.68 bits per heavy atom. The quantitative estimate of drug-likeness (QED) is 0.797. The maximum absolute atomic E-state index is 12.8. The molecule has 2 aromatic rings. The molecule has 0 unspecified atom stereocenters. The lowest BCUT2D eigenvalue weighted by Crippen LogP contribution is -2.55. The molecule has 0 N–H and O–H groups in total. The predicted octanol–water partition coefficient (Wildman–Crippen LogP) is 2.86. The first-order chi connectivity index (χ1) is 13.8. The lowest BCUT2D eigenvalue weighted by molar-refractivity contribution is -0.135. The van der Waals surface area contributed by atoms with Crippen molar-refractivity contribution in [2.24, 2.45) is 0 Å². The summed E-state index contributed by atoms with van der Waals surface area (Å²) in [5, 5.41) is 3.11.